The largest absolute Gasteiger partial charge is 0.493 e. The molecule has 0 radical (unpaired) electrons. The van der Waals surface area contributed by atoms with Crippen molar-refractivity contribution in [2.24, 2.45) is 0 Å². The van der Waals surface area contributed by atoms with E-state index in [9.17, 15) is 4.79 Å². The average molecular weight is 304 g/mol. The summed E-state index contributed by atoms with van der Waals surface area (Å²) in [6.45, 7) is 2.48. The van der Waals surface area contributed by atoms with E-state index in [1.807, 2.05) is 25.1 Å². The molecule has 0 saturated heterocycles. The number of amides is 1. The first-order valence-corrected chi connectivity index (χ1v) is 7.30. The second kappa shape index (κ2) is 7.44. The topological polar surface area (TPSA) is 60.5 Å². The molecule has 110 valence electrons. The summed E-state index contributed by atoms with van der Waals surface area (Å²) in [4.78, 5) is 15.7. The van der Waals surface area contributed by atoms with Crippen molar-refractivity contribution in [3.05, 3.63) is 41.4 Å². The fraction of sp³-hybridized carbons (Fsp3) is 0.200. The minimum absolute atomic E-state index is 0.224. The quantitative estimate of drug-likeness (QED) is 0.833. The molecule has 2 aromatic rings. The Kier molecular flexibility index (Phi) is 5.34. The lowest BCUT2D eigenvalue weighted by Crippen LogP contribution is -2.07. The van der Waals surface area contributed by atoms with Crippen LogP contribution in [-0.4, -0.2) is 24.6 Å². The Bertz CT molecular complexity index is 624. The smallest absolute Gasteiger partial charge is 0.250 e. The highest BCUT2D eigenvalue weighted by Gasteiger charge is 2.04. The van der Waals surface area contributed by atoms with Gasteiger partial charge in [-0.05, 0) is 30.7 Å². The number of ether oxygens (including phenoxy) is 2. The molecule has 0 aliphatic rings. The van der Waals surface area contributed by atoms with E-state index < -0.39 is 0 Å². The summed E-state index contributed by atoms with van der Waals surface area (Å²) in [6, 6.07) is 5.50. The summed E-state index contributed by atoms with van der Waals surface area (Å²) in [5.41, 5.74) is 0.851. The molecule has 1 N–H and O–H groups in total. The Hall–Kier alpha value is -2.34. The third-order valence-electron chi connectivity index (χ3n) is 2.58. The molecule has 0 aliphatic heterocycles. The van der Waals surface area contributed by atoms with Crippen molar-refractivity contribution >= 4 is 28.5 Å². The van der Waals surface area contributed by atoms with Crippen LogP contribution in [0.25, 0.3) is 6.08 Å². The van der Waals surface area contributed by atoms with E-state index in [2.05, 4.69) is 10.3 Å². The van der Waals surface area contributed by atoms with Crippen LogP contribution in [-0.2, 0) is 4.79 Å². The maximum Gasteiger partial charge on any atom is 0.250 e. The number of hydrogen-bond acceptors (Lipinski definition) is 5. The Morgan fingerprint density at radius 2 is 2.29 bits per heavy atom. The first-order chi connectivity index (χ1) is 10.2. The number of hydrogen-bond donors (Lipinski definition) is 1. The SMILES string of the molecule is CCOc1ccc(C=CC(=O)Nc2nccs2)cc1OC. The van der Waals surface area contributed by atoms with Gasteiger partial charge in [0.2, 0.25) is 5.91 Å². The van der Waals surface area contributed by atoms with Crippen molar-refractivity contribution in [3.8, 4) is 11.5 Å². The monoisotopic (exact) mass is 304 g/mol. The Balaban J connectivity index is 2.04. The second-order valence-corrected chi connectivity index (χ2v) is 4.90. The van der Waals surface area contributed by atoms with Gasteiger partial charge in [-0.25, -0.2) is 4.98 Å². The zero-order valence-electron chi connectivity index (χ0n) is 11.8. The fourth-order valence-corrected chi connectivity index (χ4v) is 2.20. The van der Waals surface area contributed by atoms with Gasteiger partial charge in [-0.15, -0.1) is 11.3 Å². The molecule has 0 fully saturated rings. The van der Waals surface area contributed by atoms with Crippen LogP contribution in [0.2, 0.25) is 0 Å². The van der Waals surface area contributed by atoms with Crippen molar-refractivity contribution in [1.82, 2.24) is 4.98 Å². The fourth-order valence-electron chi connectivity index (χ4n) is 1.67. The standard InChI is InChI=1S/C15H16N2O3S/c1-3-20-12-6-4-11(10-13(12)19-2)5-7-14(18)17-15-16-8-9-21-15/h4-10H,3H2,1-2H3,(H,16,17,18). The molecule has 1 aromatic carbocycles. The minimum atomic E-state index is -0.224. The summed E-state index contributed by atoms with van der Waals surface area (Å²) in [5, 5.41) is 5.06. The molecule has 0 saturated carbocycles. The summed E-state index contributed by atoms with van der Waals surface area (Å²) < 4.78 is 10.7. The predicted molar refractivity (Wildman–Crippen MR) is 83.9 cm³/mol. The third-order valence-corrected chi connectivity index (χ3v) is 3.27. The summed E-state index contributed by atoms with van der Waals surface area (Å²) in [7, 11) is 1.58. The van der Waals surface area contributed by atoms with Crippen molar-refractivity contribution < 1.29 is 14.3 Å². The number of nitrogens with zero attached hydrogens (tertiary/aromatic N) is 1. The van der Waals surface area contributed by atoms with Gasteiger partial charge in [-0.1, -0.05) is 6.07 Å². The van der Waals surface area contributed by atoms with Crippen molar-refractivity contribution in [1.29, 1.82) is 0 Å². The molecule has 1 heterocycles. The number of thiazole rings is 1. The third kappa shape index (κ3) is 4.32. The first kappa shape index (κ1) is 15.1. The van der Waals surface area contributed by atoms with Gasteiger partial charge in [0.25, 0.3) is 0 Å². The second-order valence-electron chi connectivity index (χ2n) is 4.00. The highest BCUT2D eigenvalue weighted by molar-refractivity contribution is 7.13. The molecule has 6 heteroatoms. The Labute approximate surface area is 127 Å². The molecule has 0 unspecified atom stereocenters. The van der Waals surface area contributed by atoms with Gasteiger partial charge in [0.05, 0.1) is 13.7 Å². The van der Waals surface area contributed by atoms with Crippen molar-refractivity contribution in [2.45, 2.75) is 6.92 Å². The zero-order valence-corrected chi connectivity index (χ0v) is 12.6. The summed E-state index contributed by atoms with van der Waals surface area (Å²) >= 11 is 1.37. The number of methoxy groups -OCH3 is 1. The van der Waals surface area contributed by atoms with Gasteiger partial charge >= 0.3 is 0 Å². The van der Waals surface area contributed by atoms with Crippen LogP contribution in [0.15, 0.2) is 35.9 Å². The predicted octanol–water partition coefficient (Wildman–Crippen LogP) is 3.20. The van der Waals surface area contributed by atoms with E-state index in [0.717, 1.165) is 5.56 Å². The molecule has 0 bridgehead atoms. The van der Waals surface area contributed by atoms with Crippen LogP contribution in [0, 0.1) is 0 Å². The van der Waals surface area contributed by atoms with Gasteiger partial charge in [0.15, 0.2) is 16.6 Å². The molecule has 1 amide bonds. The van der Waals surface area contributed by atoms with Crippen LogP contribution in [0.4, 0.5) is 5.13 Å². The van der Waals surface area contributed by atoms with Crippen LogP contribution in [0.3, 0.4) is 0 Å². The van der Waals surface area contributed by atoms with Gasteiger partial charge in [-0.3, -0.25) is 10.1 Å². The van der Waals surface area contributed by atoms with E-state index >= 15 is 0 Å². The highest BCUT2D eigenvalue weighted by atomic mass is 32.1. The average Bonchev–Trinajstić information content (AvgIpc) is 2.99. The van der Waals surface area contributed by atoms with Crippen LogP contribution < -0.4 is 14.8 Å². The maximum atomic E-state index is 11.7. The number of rotatable bonds is 6. The molecule has 0 atom stereocenters. The Morgan fingerprint density at radius 3 is 2.95 bits per heavy atom. The number of carbonyl (C=O) groups excluding carboxylic acids is 1. The van der Waals surface area contributed by atoms with E-state index in [4.69, 9.17) is 9.47 Å². The number of carbonyl (C=O) groups is 1. The van der Waals surface area contributed by atoms with Gasteiger partial charge < -0.3 is 9.47 Å². The number of anilines is 1. The zero-order chi connectivity index (χ0) is 15.1. The van der Waals surface area contributed by atoms with E-state index in [0.29, 0.717) is 23.2 Å². The molecular formula is C15H16N2O3S. The molecule has 5 nitrogen and oxygen atoms in total. The molecule has 2 rings (SSSR count). The number of nitrogens with one attached hydrogen (secondary N) is 1. The lowest BCUT2D eigenvalue weighted by atomic mass is 10.2. The molecule has 0 spiro atoms. The van der Waals surface area contributed by atoms with Gasteiger partial charge in [0, 0.05) is 17.7 Å². The molecular weight excluding hydrogens is 288 g/mol. The van der Waals surface area contributed by atoms with Crippen molar-refractivity contribution in [2.75, 3.05) is 19.0 Å². The first-order valence-electron chi connectivity index (χ1n) is 6.42. The van der Waals surface area contributed by atoms with Gasteiger partial charge in [-0.2, -0.15) is 0 Å². The molecule has 1 aromatic heterocycles. The molecule has 21 heavy (non-hydrogen) atoms. The van der Waals surface area contributed by atoms with Crippen LogP contribution in [0.5, 0.6) is 11.5 Å². The minimum Gasteiger partial charge on any atom is -0.493 e. The van der Waals surface area contributed by atoms with Crippen molar-refractivity contribution in [3.63, 3.8) is 0 Å². The molecule has 0 aliphatic carbocycles. The number of aromatic nitrogens is 1. The Morgan fingerprint density at radius 1 is 1.43 bits per heavy atom. The van der Waals surface area contributed by atoms with Crippen LogP contribution >= 0.6 is 11.3 Å². The highest BCUT2D eigenvalue weighted by Crippen LogP contribution is 2.28. The number of benzene rings is 1. The summed E-state index contributed by atoms with van der Waals surface area (Å²) in [6.07, 6.45) is 4.80. The van der Waals surface area contributed by atoms with E-state index in [1.54, 1.807) is 24.8 Å². The van der Waals surface area contributed by atoms with E-state index in [1.165, 1.54) is 17.4 Å². The lowest BCUT2D eigenvalue weighted by Gasteiger charge is -2.09. The lowest BCUT2D eigenvalue weighted by molar-refractivity contribution is -0.111. The maximum absolute atomic E-state index is 11.7. The normalized spacial score (nSPS) is 10.6. The summed E-state index contributed by atoms with van der Waals surface area (Å²) in [5.74, 6) is 1.10. The van der Waals surface area contributed by atoms with Crippen LogP contribution in [0.1, 0.15) is 12.5 Å². The van der Waals surface area contributed by atoms with Gasteiger partial charge in [0.1, 0.15) is 0 Å². The van der Waals surface area contributed by atoms with E-state index in [-0.39, 0.29) is 5.91 Å².